The molecule has 16 heavy (non-hydrogen) atoms. The summed E-state index contributed by atoms with van der Waals surface area (Å²) in [7, 11) is -3.56. The van der Waals surface area contributed by atoms with Crippen LogP contribution in [-0.2, 0) is 10.0 Å². The van der Waals surface area contributed by atoms with E-state index in [4.69, 9.17) is 17.3 Å². The number of nitrogen functional groups attached to an aromatic ring is 1. The first kappa shape index (κ1) is 12.8. The average Bonchev–Trinajstić information content (AvgIpc) is 2.22. The van der Waals surface area contributed by atoms with Gasteiger partial charge in [-0.2, -0.15) is 4.72 Å². The zero-order valence-corrected chi connectivity index (χ0v) is 10.2. The molecule has 4 nitrogen and oxygen atoms in total. The molecule has 0 aromatic heterocycles. The van der Waals surface area contributed by atoms with E-state index in [-0.39, 0.29) is 17.1 Å². The van der Waals surface area contributed by atoms with Gasteiger partial charge in [0.05, 0.1) is 22.2 Å². The van der Waals surface area contributed by atoms with E-state index in [0.717, 1.165) is 0 Å². The number of nitrogens with two attached hydrogens (primary N) is 1. The number of hydrogen-bond acceptors (Lipinski definition) is 3. The highest BCUT2D eigenvalue weighted by Crippen LogP contribution is 2.21. The minimum atomic E-state index is -3.56. The molecule has 0 fully saturated rings. The molecule has 1 aromatic carbocycles. The maximum absolute atomic E-state index is 11.7. The molecule has 0 saturated carbocycles. The van der Waals surface area contributed by atoms with Gasteiger partial charge in [-0.3, -0.25) is 0 Å². The predicted molar refractivity (Wildman–Crippen MR) is 64.5 cm³/mol. The highest BCUT2D eigenvalue weighted by molar-refractivity contribution is 7.89. The van der Waals surface area contributed by atoms with E-state index in [0.29, 0.717) is 5.02 Å². The van der Waals surface area contributed by atoms with Crippen molar-refractivity contribution in [2.24, 2.45) is 0 Å². The summed E-state index contributed by atoms with van der Waals surface area (Å²) >= 11 is 5.69. The van der Waals surface area contributed by atoms with Crippen molar-refractivity contribution >= 4 is 27.3 Å². The Kier molecular flexibility index (Phi) is 4.19. The molecule has 0 bridgehead atoms. The lowest BCUT2D eigenvalue weighted by Gasteiger charge is -2.05. The smallest absolute Gasteiger partial charge is 0.241 e. The molecule has 0 atom stereocenters. The Hall–Kier alpha value is -1.22. The minimum Gasteiger partial charge on any atom is -0.397 e. The number of hydrogen-bond donors (Lipinski definition) is 2. The molecule has 0 heterocycles. The fourth-order valence-corrected chi connectivity index (χ4v) is 2.07. The lowest BCUT2D eigenvalue weighted by atomic mass is 10.3. The normalized spacial score (nSPS) is 10.6. The van der Waals surface area contributed by atoms with Crippen molar-refractivity contribution in [2.45, 2.75) is 11.8 Å². The lowest BCUT2D eigenvalue weighted by Crippen LogP contribution is -2.24. The first-order valence-corrected chi connectivity index (χ1v) is 6.28. The maximum atomic E-state index is 11.7. The van der Waals surface area contributed by atoms with E-state index in [2.05, 4.69) is 16.6 Å². The summed E-state index contributed by atoms with van der Waals surface area (Å²) in [5, 5.41) is 0.326. The van der Waals surface area contributed by atoms with Gasteiger partial charge in [0.15, 0.2) is 0 Å². The Morgan fingerprint density at radius 1 is 1.50 bits per heavy atom. The van der Waals surface area contributed by atoms with Crippen LogP contribution in [0.25, 0.3) is 0 Å². The van der Waals surface area contributed by atoms with E-state index >= 15 is 0 Å². The fourth-order valence-electron chi connectivity index (χ4n) is 0.992. The molecule has 6 heteroatoms. The van der Waals surface area contributed by atoms with Crippen molar-refractivity contribution in [1.29, 1.82) is 0 Å². The fraction of sp³-hybridized carbons (Fsp3) is 0.200. The highest BCUT2D eigenvalue weighted by Gasteiger charge is 2.13. The van der Waals surface area contributed by atoms with Gasteiger partial charge in [-0.1, -0.05) is 17.5 Å². The Balaban J connectivity index is 2.97. The van der Waals surface area contributed by atoms with Crippen LogP contribution in [0.4, 0.5) is 5.69 Å². The van der Waals surface area contributed by atoms with E-state index in [1.807, 2.05) is 0 Å². The Morgan fingerprint density at radius 2 is 2.19 bits per heavy atom. The summed E-state index contributed by atoms with van der Waals surface area (Å²) in [5.74, 6) is 5.19. The van der Waals surface area contributed by atoms with E-state index in [1.54, 1.807) is 6.92 Å². The van der Waals surface area contributed by atoms with Crippen LogP contribution < -0.4 is 10.5 Å². The first-order valence-electron chi connectivity index (χ1n) is 4.41. The van der Waals surface area contributed by atoms with E-state index in [9.17, 15) is 8.42 Å². The zero-order chi connectivity index (χ0) is 12.2. The maximum Gasteiger partial charge on any atom is 0.241 e. The molecule has 1 rings (SSSR count). The molecule has 0 amide bonds. The zero-order valence-electron chi connectivity index (χ0n) is 8.62. The third kappa shape index (κ3) is 3.14. The second kappa shape index (κ2) is 5.21. The Labute approximate surface area is 99.8 Å². The predicted octanol–water partition coefficient (Wildman–Crippen LogP) is 1.22. The van der Waals surface area contributed by atoms with Crippen LogP contribution >= 0.6 is 11.6 Å². The van der Waals surface area contributed by atoms with Gasteiger partial charge >= 0.3 is 0 Å². The molecule has 0 saturated heterocycles. The lowest BCUT2D eigenvalue weighted by molar-refractivity contribution is 0.586. The highest BCUT2D eigenvalue weighted by atomic mass is 35.5. The van der Waals surface area contributed by atoms with Crippen molar-refractivity contribution in [3.8, 4) is 11.8 Å². The molecule has 0 aliphatic heterocycles. The van der Waals surface area contributed by atoms with E-state index < -0.39 is 10.0 Å². The number of sulfonamides is 1. The van der Waals surface area contributed by atoms with Crippen molar-refractivity contribution < 1.29 is 8.42 Å². The van der Waals surface area contributed by atoms with Gasteiger partial charge < -0.3 is 5.73 Å². The first-order chi connectivity index (χ1) is 7.47. The molecular formula is C10H11ClN2O2S. The van der Waals surface area contributed by atoms with Gasteiger partial charge in [-0.05, 0) is 25.1 Å². The third-order valence-corrected chi connectivity index (χ3v) is 3.55. The van der Waals surface area contributed by atoms with Gasteiger partial charge in [-0.25, -0.2) is 8.42 Å². The number of benzene rings is 1. The van der Waals surface area contributed by atoms with Crippen molar-refractivity contribution in [3.05, 3.63) is 23.2 Å². The van der Waals surface area contributed by atoms with Crippen LogP contribution in [0.5, 0.6) is 0 Å². The van der Waals surface area contributed by atoms with Crippen molar-refractivity contribution in [1.82, 2.24) is 4.72 Å². The average molecular weight is 259 g/mol. The van der Waals surface area contributed by atoms with Gasteiger partial charge in [-0.15, -0.1) is 5.92 Å². The molecule has 0 unspecified atom stereocenters. The second-order valence-electron chi connectivity index (χ2n) is 2.93. The van der Waals surface area contributed by atoms with Crippen LogP contribution in [0.15, 0.2) is 23.1 Å². The van der Waals surface area contributed by atoms with Crippen LogP contribution in [0.2, 0.25) is 5.02 Å². The van der Waals surface area contributed by atoms with Gasteiger partial charge in [0.2, 0.25) is 10.0 Å². The molecule has 1 aromatic rings. The van der Waals surface area contributed by atoms with E-state index in [1.165, 1.54) is 18.2 Å². The SMILES string of the molecule is CC#CCNS(=O)(=O)c1ccc(Cl)c(N)c1. The van der Waals surface area contributed by atoms with Gasteiger partial charge in [0.25, 0.3) is 0 Å². The Morgan fingerprint density at radius 3 is 2.75 bits per heavy atom. The Bertz CT molecular complexity index is 544. The standard InChI is InChI=1S/C10H11ClN2O2S/c1-2-3-6-13-16(14,15)8-4-5-9(11)10(12)7-8/h4-5,7,13H,6,12H2,1H3. The second-order valence-corrected chi connectivity index (χ2v) is 5.11. The summed E-state index contributed by atoms with van der Waals surface area (Å²) in [5.41, 5.74) is 5.75. The minimum absolute atomic E-state index is 0.0708. The summed E-state index contributed by atoms with van der Waals surface area (Å²) in [4.78, 5) is 0.0762. The quantitative estimate of drug-likeness (QED) is 0.633. The third-order valence-electron chi connectivity index (χ3n) is 1.81. The largest absolute Gasteiger partial charge is 0.397 e. The van der Waals surface area contributed by atoms with Crippen LogP contribution in [0.3, 0.4) is 0 Å². The van der Waals surface area contributed by atoms with Crippen LogP contribution in [0, 0.1) is 11.8 Å². The molecule has 0 radical (unpaired) electrons. The number of halogens is 1. The molecule has 0 spiro atoms. The van der Waals surface area contributed by atoms with Crippen LogP contribution in [0.1, 0.15) is 6.92 Å². The summed E-state index contributed by atoms with van der Waals surface area (Å²) < 4.78 is 25.7. The summed E-state index contributed by atoms with van der Waals surface area (Å²) in [6, 6.07) is 4.14. The van der Waals surface area contributed by atoms with Crippen molar-refractivity contribution in [2.75, 3.05) is 12.3 Å². The van der Waals surface area contributed by atoms with Crippen LogP contribution in [-0.4, -0.2) is 15.0 Å². The molecule has 3 N–H and O–H groups in total. The monoisotopic (exact) mass is 258 g/mol. The van der Waals surface area contributed by atoms with Gasteiger partial charge in [0.1, 0.15) is 0 Å². The molecule has 86 valence electrons. The number of anilines is 1. The molecule has 0 aliphatic carbocycles. The molecule has 0 aliphatic rings. The summed E-state index contributed by atoms with van der Waals surface area (Å²) in [6.07, 6.45) is 0. The molecular weight excluding hydrogens is 248 g/mol. The van der Waals surface area contributed by atoms with Crippen molar-refractivity contribution in [3.63, 3.8) is 0 Å². The number of nitrogens with one attached hydrogen (secondary N) is 1. The summed E-state index contributed by atoms with van der Waals surface area (Å²) in [6.45, 7) is 1.70. The van der Waals surface area contributed by atoms with Gasteiger partial charge in [0, 0.05) is 0 Å². The topological polar surface area (TPSA) is 72.2 Å². The number of rotatable bonds is 3.